The predicted molar refractivity (Wildman–Crippen MR) is 76.7 cm³/mol. The number of nitrogens with two attached hydrogens (primary N) is 1. The van der Waals surface area contributed by atoms with Gasteiger partial charge in [0.1, 0.15) is 12.7 Å². The summed E-state index contributed by atoms with van der Waals surface area (Å²) in [4.78, 5) is 0. The molecule has 0 aliphatic carbocycles. The number of benzene rings is 1. The number of para-hydroxylation sites is 2. The molecule has 4 nitrogen and oxygen atoms in total. The Kier molecular flexibility index (Phi) is 5.98. The Labute approximate surface area is 115 Å². The van der Waals surface area contributed by atoms with Crippen molar-refractivity contribution in [2.45, 2.75) is 31.8 Å². The fourth-order valence-electron chi connectivity index (χ4n) is 2.17. The average Bonchev–Trinajstić information content (AvgIpc) is 2.46. The zero-order chi connectivity index (χ0) is 13.3. The van der Waals surface area contributed by atoms with E-state index in [1.54, 1.807) is 0 Å². The molecule has 0 amide bonds. The highest BCUT2D eigenvalue weighted by molar-refractivity contribution is 5.40. The summed E-state index contributed by atoms with van der Waals surface area (Å²) in [5, 5.41) is 3.43. The summed E-state index contributed by atoms with van der Waals surface area (Å²) < 4.78 is 11.5. The normalized spacial score (nSPS) is 17.4. The minimum Gasteiger partial charge on any atom is -0.486 e. The Morgan fingerprint density at radius 3 is 2.74 bits per heavy atom. The van der Waals surface area contributed by atoms with E-state index in [-0.39, 0.29) is 6.10 Å². The first-order chi connectivity index (χ1) is 9.40. The van der Waals surface area contributed by atoms with Gasteiger partial charge in [-0.2, -0.15) is 0 Å². The van der Waals surface area contributed by atoms with E-state index in [2.05, 4.69) is 5.32 Å². The molecule has 4 heteroatoms. The molecule has 106 valence electrons. The second-order valence-corrected chi connectivity index (χ2v) is 4.90. The minimum absolute atomic E-state index is 0.110. The van der Waals surface area contributed by atoms with Gasteiger partial charge in [0.15, 0.2) is 11.5 Å². The molecule has 1 aromatic rings. The van der Waals surface area contributed by atoms with Crippen LogP contribution < -0.4 is 20.5 Å². The van der Waals surface area contributed by atoms with Crippen molar-refractivity contribution in [1.29, 1.82) is 0 Å². The van der Waals surface area contributed by atoms with Gasteiger partial charge >= 0.3 is 0 Å². The molecule has 0 saturated heterocycles. The molecule has 1 heterocycles. The van der Waals surface area contributed by atoms with E-state index in [1.165, 1.54) is 19.3 Å². The van der Waals surface area contributed by atoms with Crippen molar-refractivity contribution in [2.24, 2.45) is 5.73 Å². The Bertz CT molecular complexity index is 371. The number of nitrogens with one attached hydrogen (secondary N) is 1. The summed E-state index contributed by atoms with van der Waals surface area (Å²) in [7, 11) is 0. The number of ether oxygens (including phenoxy) is 2. The molecule has 0 bridgehead atoms. The molecule has 2 rings (SSSR count). The third-order valence-electron chi connectivity index (χ3n) is 3.25. The van der Waals surface area contributed by atoms with Crippen LogP contribution in [0, 0.1) is 0 Å². The largest absolute Gasteiger partial charge is 0.486 e. The molecule has 1 aromatic carbocycles. The van der Waals surface area contributed by atoms with E-state index in [4.69, 9.17) is 15.2 Å². The SMILES string of the molecule is NCCCCCCNCC1COc2ccccc2O1. The molecule has 1 atom stereocenters. The van der Waals surface area contributed by atoms with Gasteiger partial charge in [-0.25, -0.2) is 0 Å². The van der Waals surface area contributed by atoms with Gasteiger partial charge < -0.3 is 20.5 Å². The average molecular weight is 264 g/mol. The molecular formula is C15H24N2O2. The van der Waals surface area contributed by atoms with Crippen LogP contribution in [0.3, 0.4) is 0 Å². The van der Waals surface area contributed by atoms with E-state index in [9.17, 15) is 0 Å². The standard InChI is InChI=1S/C15H24N2O2/c16-9-5-1-2-6-10-17-11-13-12-18-14-7-3-4-8-15(14)19-13/h3-4,7-8,13,17H,1-2,5-6,9-12,16H2. The Balaban J connectivity index is 1.58. The number of unbranched alkanes of at least 4 members (excludes halogenated alkanes) is 3. The molecule has 0 spiro atoms. The van der Waals surface area contributed by atoms with Gasteiger partial charge in [-0.15, -0.1) is 0 Å². The highest BCUT2D eigenvalue weighted by atomic mass is 16.6. The van der Waals surface area contributed by atoms with E-state index >= 15 is 0 Å². The van der Waals surface area contributed by atoms with Gasteiger partial charge in [-0.3, -0.25) is 0 Å². The zero-order valence-electron chi connectivity index (χ0n) is 11.4. The van der Waals surface area contributed by atoms with Gasteiger partial charge in [0, 0.05) is 6.54 Å². The molecule has 19 heavy (non-hydrogen) atoms. The van der Waals surface area contributed by atoms with Crippen LogP contribution in [0.25, 0.3) is 0 Å². The summed E-state index contributed by atoms with van der Waals surface area (Å²) in [6, 6.07) is 7.82. The molecule has 0 aromatic heterocycles. The molecular weight excluding hydrogens is 240 g/mol. The monoisotopic (exact) mass is 264 g/mol. The Hall–Kier alpha value is -1.26. The maximum Gasteiger partial charge on any atom is 0.161 e. The zero-order valence-corrected chi connectivity index (χ0v) is 11.4. The van der Waals surface area contributed by atoms with Gasteiger partial charge in [-0.05, 0) is 38.1 Å². The lowest BCUT2D eigenvalue weighted by Crippen LogP contribution is -2.38. The van der Waals surface area contributed by atoms with Crippen LogP contribution in [0.1, 0.15) is 25.7 Å². The summed E-state index contributed by atoms with van der Waals surface area (Å²) in [5.74, 6) is 1.70. The van der Waals surface area contributed by atoms with E-state index in [0.717, 1.165) is 37.6 Å². The van der Waals surface area contributed by atoms with Crippen LogP contribution in [0.2, 0.25) is 0 Å². The fourth-order valence-corrected chi connectivity index (χ4v) is 2.17. The molecule has 3 N–H and O–H groups in total. The third kappa shape index (κ3) is 4.73. The quantitative estimate of drug-likeness (QED) is 0.705. The Morgan fingerprint density at radius 2 is 1.89 bits per heavy atom. The molecule has 0 radical (unpaired) electrons. The predicted octanol–water partition coefficient (Wildman–Crippen LogP) is 1.94. The topological polar surface area (TPSA) is 56.5 Å². The van der Waals surface area contributed by atoms with Gasteiger partial charge in [0.25, 0.3) is 0 Å². The second-order valence-electron chi connectivity index (χ2n) is 4.90. The number of fused-ring (bicyclic) bond motifs is 1. The summed E-state index contributed by atoms with van der Waals surface area (Å²) in [5.41, 5.74) is 5.46. The molecule has 1 aliphatic heterocycles. The second kappa shape index (κ2) is 8.02. The van der Waals surface area contributed by atoms with Gasteiger partial charge in [0.2, 0.25) is 0 Å². The van der Waals surface area contributed by atoms with Crippen molar-refractivity contribution in [3.8, 4) is 11.5 Å². The first-order valence-electron chi connectivity index (χ1n) is 7.19. The lowest BCUT2D eigenvalue weighted by molar-refractivity contribution is 0.0905. The van der Waals surface area contributed by atoms with E-state index in [1.807, 2.05) is 24.3 Å². The van der Waals surface area contributed by atoms with Crippen LogP contribution in [0.4, 0.5) is 0 Å². The highest BCUT2D eigenvalue weighted by Crippen LogP contribution is 2.30. The van der Waals surface area contributed by atoms with Crippen LogP contribution in [-0.4, -0.2) is 32.3 Å². The maximum absolute atomic E-state index is 5.87. The Morgan fingerprint density at radius 1 is 1.11 bits per heavy atom. The van der Waals surface area contributed by atoms with E-state index < -0.39 is 0 Å². The molecule has 1 unspecified atom stereocenters. The van der Waals surface area contributed by atoms with Gasteiger partial charge in [-0.1, -0.05) is 25.0 Å². The first kappa shape index (κ1) is 14.2. The highest BCUT2D eigenvalue weighted by Gasteiger charge is 2.19. The van der Waals surface area contributed by atoms with Crippen LogP contribution >= 0.6 is 0 Å². The molecule has 0 saturated carbocycles. The van der Waals surface area contributed by atoms with Crippen molar-refractivity contribution < 1.29 is 9.47 Å². The van der Waals surface area contributed by atoms with Crippen molar-refractivity contribution in [3.05, 3.63) is 24.3 Å². The van der Waals surface area contributed by atoms with Crippen molar-refractivity contribution in [1.82, 2.24) is 5.32 Å². The summed E-state index contributed by atoms with van der Waals surface area (Å²) >= 11 is 0. The lowest BCUT2D eigenvalue weighted by Gasteiger charge is -2.26. The third-order valence-corrected chi connectivity index (χ3v) is 3.25. The minimum atomic E-state index is 0.110. The molecule has 1 aliphatic rings. The molecule has 0 fully saturated rings. The van der Waals surface area contributed by atoms with Crippen molar-refractivity contribution >= 4 is 0 Å². The number of hydrogen-bond acceptors (Lipinski definition) is 4. The first-order valence-corrected chi connectivity index (χ1v) is 7.19. The van der Waals surface area contributed by atoms with Crippen molar-refractivity contribution in [3.63, 3.8) is 0 Å². The smallest absolute Gasteiger partial charge is 0.161 e. The van der Waals surface area contributed by atoms with Crippen LogP contribution in [0.15, 0.2) is 24.3 Å². The van der Waals surface area contributed by atoms with Crippen LogP contribution in [-0.2, 0) is 0 Å². The van der Waals surface area contributed by atoms with E-state index in [0.29, 0.717) is 6.61 Å². The van der Waals surface area contributed by atoms with Crippen LogP contribution in [0.5, 0.6) is 11.5 Å². The maximum atomic E-state index is 5.87. The van der Waals surface area contributed by atoms with Crippen molar-refractivity contribution in [2.75, 3.05) is 26.2 Å². The number of rotatable bonds is 8. The van der Waals surface area contributed by atoms with Gasteiger partial charge in [0.05, 0.1) is 0 Å². The fraction of sp³-hybridized carbons (Fsp3) is 0.600. The lowest BCUT2D eigenvalue weighted by atomic mass is 10.2. The summed E-state index contributed by atoms with van der Waals surface area (Å²) in [6.07, 6.45) is 4.92. The summed E-state index contributed by atoms with van der Waals surface area (Å²) in [6.45, 7) is 3.30. The number of hydrogen-bond donors (Lipinski definition) is 2.